The lowest BCUT2D eigenvalue weighted by Crippen LogP contribution is -2.06. The number of hydrogen-bond acceptors (Lipinski definition) is 5. The number of hydrogen-bond donors (Lipinski definition) is 0. The summed E-state index contributed by atoms with van der Waals surface area (Å²) in [6, 6.07) is 7.30. The summed E-state index contributed by atoms with van der Waals surface area (Å²) >= 11 is 5.87. The summed E-state index contributed by atoms with van der Waals surface area (Å²) in [6.07, 6.45) is 0.424. The van der Waals surface area contributed by atoms with E-state index in [2.05, 4.69) is 10.1 Å². The van der Waals surface area contributed by atoms with Crippen LogP contribution in [0.5, 0.6) is 0 Å². The molecular formula is C12H11ClN2O3. The van der Waals surface area contributed by atoms with Crippen molar-refractivity contribution in [1.29, 1.82) is 0 Å². The summed E-state index contributed by atoms with van der Waals surface area (Å²) in [6.45, 7) is 1.99. The molecule has 0 fully saturated rings. The third-order valence-corrected chi connectivity index (χ3v) is 2.41. The minimum absolute atomic E-state index is 0.0612. The van der Waals surface area contributed by atoms with Crippen molar-refractivity contribution in [3.05, 3.63) is 46.6 Å². The maximum absolute atomic E-state index is 11.3. The van der Waals surface area contributed by atoms with Gasteiger partial charge in [0.05, 0.1) is 13.0 Å². The van der Waals surface area contributed by atoms with Crippen LogP contribution in [0.1, 0.15) is 29.0 Å². The molecule has 0 amide bonds. The SMILES string of the molecule is CCOC(=O)c1noc(Cc2cccc(Cl)c2)n1. The fourth-order valence-electron chi connectivity index (χ4n) is 1.43. The first-order chi connectivity index (χ1) is 8.69. The fraction of sp³-hybridized carbons (Fsp3) is 0.250. The van der Waals surface area contributed by atoms with Gasteiger partial charge in [-0.25, -0.2) is 4.79 Å². The first-order valence-electron chi connectivity index (χ1n) is 5.43. The van der Waals surface area contributed by atoms with Crippen LogP contribution in [0.15, 0.2) is 28.8 Å². The summed E-state index contributed by atoms with van der Waals surface area (Å²) in [4.78, 5) is 15.3. The summed E-state index contributed by atoms with van der Waals surface area (Å²) in [5.74, 6) is -0.298. The average Bonchev–Trinajstić information content (AvgIpc) is 2.78. The van der Waals surface area contributed by atoms with Crippen molar-refractivity contribution in [2.75, 3.05) is 6.61 Å². The van der Waals surface area contributed by atoms with E-state index in [9.17, 15) is 4.79 Å². The van der Waals surface area contributed by atoms with Gasteiger partial charge in [0.15, 0.2) is 0 Å². The second kappa shape index (κ2) is 5.64. The van der Waals surface area contributed by atoms with Gasteiger partial charge in [0.25, 0.3) is 5.82 Å². The van der Waals surface area contributed by atoms with Crippen molar-refractivity contribution in [2.24, 2.45) is 0 Å². The molecule has 6 heteroatoms. The summed E-state index contributed by atoms with van der Waals surface area (Å²) < 4.78 is 9.74. The number of halogens is 1. The van der Waals surface area contributed by atoms with Gasteiger partial charge >= 0.3 is 5.97 Å². The zero-order valence-corrected chi connectivity index (χ0v) is 10.5. The maximum atomic E-state index is 11.3. The molecule has 94 valence electrons. The van der Waals surface area contributed by atoms with E-state index in [1.54, 1.807) is 19.1 Å². The van der Waals surface area contributed by atoms with Gasteiger partial charge in [-0.05, 0) is 29.8 Å². The van der Waals surface area contributed by atoms with Crippen LogP contribution in [-0.4, -0.2) is 22.7 Å². The van der Waals surface area contributed by atoms with Crippen molar-refractivity contribution < 1.29 is 14.1 Å². The summed E-state index contributed by atoms with van der Waals surface area (Å²) in [5.41, 5.74) is 0.932. The van der Waals surface area contributed by atoms with Crippen LogP contribution in [-0.2, 0) is 11.2 Å². The molecule has 0 N–H and O–H groups in total. The van der Waals surface area contributed by atoms with Crippen LogP contribution in [0.4, 0.5) is 0 Å². The first kappa shape index (κ1) is 12.6. The second-order valence-corrected chi connectivity index (χ2v) is 3.98. The average molecular weight is 267 g/mol. The Kier molecular flexibility index (Phi) is 3.94. The topological polar surface area (TPSA) is 65.2 Å². The highest BCUT2D eigenvalue weighted by molar-refractivity contribution is 6.30. The standard InChI is InChI=1S/C12H11ClN2O3/c1-2-17-12(16)11-14-10(18-15-11)7-8-4-3-5-9(13)6-8/h3-6H,2,7H2,1H3. The smallest absolute Gasteiger partial charge is 0.379 e. The third-order valence-electron chi connectivity index (χ3n) is 2.17. The van der Waals surface area contributed by atoms with Gasteiger partial charge in [0, 0.05) is 5.02 Å². The van der Waals surface area contributed by atoms with E-state index >= 15 is 0 Å². The monoisotopic (exact) mass is 266 g/mol. The Balaban J connectivity index is 2.09. The van der Waals surface area contributed by atoms with E-state index in [-0.39, 0.29) is 12.4 Å². The van der Waals surface area contributed by atoms with Crippen molar-refractivity contribution in [2.45, 2.75) is 13.3 Å². The van der Waals surface area contributed by atoms with Crippen molar-refractivity contribution in [3.63, 3.8) is 0 Å². The highest BCUT2D eigenvalue weighted by Crippen LogP contribution is 2.14. The second-order valence-electron chi connectivity index (χ2n) is 3.54. The molecule has 18 heavy (non-hydrogen) atoms. The number of carbonyl (C=O) groups is 1. The number of benzene rings is 1. The molecule has 0 saturated heterocycles. The van der Waals surface area contributed by atoms with E-state index < -0.39 is 5.97 Å². The third kappa shape index (κ3) is 3.07. The molecule has 0 saturated carbocycles. The van der Waals surface area contributed by atoms with Gasteiger partial charge in [-0.3, -0.25) is 0 Å². The molecule has 1 heterocycles. The summed E-state index contributed by atoms with van der Waals surface area (Å²) in [7, 11) is 0. The lowest BCUT2D eigenvalue weighted by Gasteiger charge is -1.96. The molecule has 1 aromatic heterocycles. The minimum Gasteiger partial charge on any atom is -0.460 e. The van der Waals surface area contributed by atoms with E-state index in [0.717, 1.165) is 5.56 Å². The van der Waals surface area contributed by atoms with Crippen LogP contribution < -0.4 is 0 Å². The summed E-state index contributed by atoms with van der Waals surface area (Å²) in [5, 5.41) is 4.20. The van der Waals surface area contributed by atoms with E-state index in [0.29, 0.717) is 17.3 Å². The van der Waals surface area contributed by atoms with E-state index in [1.165, 1.54) is 0 Å². The van der Waals surface area contributed by atoms with Gasteiger partial charge in [-0.15, -0.1) is 0 Å². The van der Waals surface area contributed by atoms with E-state index in [4.69, 9.17) is 20.9 Å². The van der Waals surface area contributed by atoms with Crippen LogP contribution in [0.25, 0.3) is 0 Å². The Bertz CT molecular complexity index is 554. The van der Waals surface area contributed by atoms with Crippen LogP contribution in [0.2, 0.25) is 5.02 Å². The Morgan fingerprint density at radius 1 is 1.50 bits per heavy atom. The molecule has 2 aromatic rings. The lowest BCUT2D eigenvalue weighted by atomic mass is 10.1. The quantitative estimate of drug-likeness (QED) is 0.796. The van der Waals surface area contributed by atoms with Crippen molar-refractivity contribution >= 4 is 17.6 Å². The molecule has 0 radical (unpaired) electrons. The number of carbonyl (C=O) groups excluding carboxylic acids is 1. The molecule has 0 bridgehead atoms. The predicted molar refractivity (Wildman–Crippen MR) is 64.5 cm³/mol. The largest absolute Gasteiger partial charge is 0.460 e. The van der Waals surface area contributed by atoms with Crippen LogP contribution in [0, 0.1) is 0 Å². The number of aromatic nitrogens is 2. The van der Waals surface area contributed by atoms with Gasteiger partial charge in [-0.1, -0.05) is 23.7 Å². The predicted octanol–water partition coefficient (Wildman–Crippen LogP) is 2.49. The lowest BCUT2D eigenvalue weighted by molar-refractivity contribution is 0.0508. The van der Waals surface area contributed by atoms with E-state index in [1.807, 2.05) is 12.1 Å². The van der Waals surface area contributed by atoms with Crippen molar-refractivity contribution in [1.82, 2.24) is 10.1 Å². The zero-order chi connectivity index (χ0) is 13.0. The first-order valence-corrected chi connectivity index (χ1v) is 5.81. The molecule has 2 rings (SSSR count). The fourth-order valence-corrected chi connectivity index (χ4v) is 1.64. The van der Waals surface area contributed by atoms with Gasteiger partial charge in [-0.2, -0.15) is 4.98 Å². The number of rotatable bonds is 4. The normalized spacial score (nSPS) is 10.3. The van der Waals surface area contributed by atoms with Gasteiger partial charge in [0.1, 0.15) is 0 Å². The number of esters is 1. The molecule has 0 spiro atoms. The Morgan fingerprint density at radius 2 is 2.33 bits per heavy atom. The molecule has 0 unspecified atom stereocenters. The molecule has 0 aliphatic carbocycles. The van der Waals surface area contributed by atoms with Crippen LogP contribution >= 0.6 is 11.6 Å². The molecule has 0 aliphatic heterocycles. The molecule has 0 aliphatic rings. The number of nitrogens with zero attached hydrogens (tertiary/aromatic N) is 2. The van der Waals surface area contributed by atoms with Crippen molar-refractivity contribution in [3.8, 4) is 0 Å². The Labute approximate surface area is 109 Å². The van der Waals surface area contributed by atoms with Gasteiger partial charge < -0.3 is 9.26 Å². The highest BCUT2D eigenvalue weighted by atomic mass is 35.5. The Hall–Kier alpha value is -1.88. The zero-order valence-electron chi connectivity index (χ0n) is 9.72. The minimum atomic E-state index is -0.585. The van der Waals surface area contributed by atoms with Crippen LogP contribution in [0.3, 0.4) is 0 Å². The highest BCUT2D eigenvalue weighted by Gasteiger charge is 2.15. The number of ether oxygens (including phenoxy) is 1. The molecular weight excluding hydrogens is 256 g/mol. The molecule has 0 atom stereocenters. The maximum Gasteiger partial charge on any atom is 0.379 e. The molecule has 1 aromatic carbocycles. The molecule has 5 nitrogen and oxygen atoms in total. The van der Waals surface area contributed by atoms with Gasteiger partial charge in [0.2, 0.25) is 5.89 Å². The Morgan fingerprint density at radius 3 is 3.06 bits per heavy atom.